The molecule has 136 valence electrons. The standard InChI is InChI=1S/C20H21ClFN3O/c21-16-2-4-19(22)18(9-16)20(26)25-12-15-1-3-17(25)13-24(11-15)10-14-5-7-23-8-6-14/h2,4-9,15,17H,1,3,10-13H2/t15-,17+/m0/s1. The first-order valence-electron chi connectivity index (χ1n) is 8.97. The minimum Gasteiger partial charge on any atom is -0.334 e. The van der Waals surface area contributed by atoms with Crippen molar-refractivity contribution >= 4 is 17.5 Å². The molecule has 1 amide bonds. The summed E-state index contributed by atoms with van der Waals surface area (Å²) in [5.74, 6) is -0.333. The van der Waals surface area contributed by atoms with Gasteiger partial charge in [-0.1, -0.05) is 11.6 Å². The SMILES string of the molecule is O=C(c1cc(Cl)ccc1F)N1C[C@H]2CC[C@@H]1CN(Cc1ccncc1)C2. The molecule has 6 heteroatoms. The third kappa shape index (κ3) is 3.60. The van der Waals surface area contributed by atoms with Crippen molar-refractivity contribution in [3.8, 4) is 0 Å². The molecule has 2 bridgehead atoms. The fourth-order valence-electron chi connectivity index (χ4n) is 4.12. The third-order valence-corrected chi connectivity index (χ3v) is 5.60. The first kappa shape index (κ1) is 17.4. The van der Waals surface area contributed by atoms with Crippen LogP contribution in [0.4, 0.5) is 4.39 Å². The number of benzene rings is 1. The molecule has 4 nitrogen and oxygen atoms in total. The first-order valence-corrected chi connectivity index (χ1v) is 9.35. The molecule has 0 saturated carbocycles. The number of fused-ring (bicyclic) bond motifs is 4. The minimum absolute atomic E-state index is 0.0748. The van der Waals surface area contributed by atoms with Gasteiger partial charge >= 0.3 is 0 Å². The molecule has 5 rings (SSSR count). The Balaban J connectivity index is 1.53. The van der Waals surface area contributed by atoms with Crippen molar-refractivity contribution in [1.29, 1.82) is 0 Å². The molecular weight excluding hydrogens is 353 g/mol. The number of rotatable bonds is 3. The van der Waals surface area contributed by atoms with E-state index in [0.717, 1.165) is 32.5 Å². The van der Waals surface area contributed by atoms with Crippen LogP contribution in [0.5, 0.6) is 0 Å². The zero-order valence-corrected chi connectivity index (χ0v) is 15.2. The minimum atomic E-state index is -0.506. The zero-order chi connectivity index (χ0) is 18.1. The number of hydrogen-bond donors (Lipinski definition) is 0. The Kier molecular flexibility index (Phi) is 4.92. The average Bonchev–Trinajstić information content (AvgIpc) is 2.94. The van der Waals surface area contributed by atoms with Crippen molar-refractivity contribution in [2.24, 2.45) is 5.92 Å². The van der Waals surface area contributed by atoms with Crippen LogP contribution in [0.1, 0.15) is 28.8 Å². The summed E-state index contributed by atoms with van der Waals surface area (Å²) < 4.78 is 14.2. The molecule has 2 aromatic rings. The van der Waals surface area contributed by atoms with Gasteiger partial charge in [-0.2, -0.15) is 0 Å². The quantitative estimate of drug-likeness (QED) is 0.824. The molecule has 0 radical (unpaired) electrons. The predicted molar refractivity (Wildman–Crippen MR) is 98.5 cm³/mol. The number of piperidine rings is 1. The number of carbonyl (C=O) groups excluding carboxylic acids is 1. The van der Waals surface area contributed by atoms with Crippen molar-refractivity contribution in [3.63, 3.8) is 0 Å². The van der Waals surface area contributed by atoms with Crippen molar-refractivity contribution in [1.82, 2.24) is 14.8 Å². The second-order valence-electron chi connectivity index (χ2n) is 7.23. The van der Waals surface area contributed by atoms with E-state index in [0.29, 0.717) is 17.5 Å². The van der Waals surface area contributed by atoms with Gasteiger partial charge in [0.2, 0.25) is 0 Å². The number of aromatic nitrogens is 1. The molecule has 1 aromatic heterocycles. The molecule has 4 heterocycles. The summed E-state index contributed by atoms with van der Waals surface area (Å²) in [7, 11) is 0. The molecule has 0 aliphatic carbocycles. The van der Waals surface area contributed by atoms with Gasteiger partial charge in [0.1, 0.15) is 5.82 Å². The summed E-state index contributed by atoms with van der Waals surface area (Å²) in [6, 6.07) is 8.34. The summed E-state index contributed by atoms with van der Waals surface area (Å²) in [5, 5.41) is 0.383. The average molecular weight is 374 g/mol. The van der Waals surface area contributed by atoms with E-state index in [4.69, 9.17) is 11.6 Å². The molecule has 3 saturated heterocycles. The van der Waals surface area contributed by atoms with E-state index < -0.39 is 5.82 Å². The Bertz CT molecular complexity index is 801. The number of halogens is 2. The smallest absolute Gasteiger partial charge is 0.257 e. The lowest BCUT2D eigenvalue weighted by Gasteiger charge is -2.36. The maximum atomic E-state index is 14.2. The highest BCUT2D eigenvalue weighted by molar-refractivity contribution is 6.31. The number of carbonyl (C=O) groups is 1. The number of hydrogen-bond acceptors (Lipinski definition) is 3. The number of nitrogens with zero attached hydrogens (tertiary/aromatic N) is 3. The van der Waals surface area contributed by atoms with Crippen molar-refractivity contribution in [3.05, 3.63) is 64.7 Å². The highest BCUT2D eigenvalue weighted by Crippen LogP contribution is 2.30. The largest absolute Gasteiger partial charge is 0.334 e. The Morgan fingerprint density at radius 3 is 2.77 bits per heavy atom. The summed E-state index contributed by atoms with van der Waals surface area (Å²) in [5.41, 5.74) is 1.30. The lowest BCUT2D eigenvalue weighted by atomic mass is 9.94. The Hall–Kier alpha value is -1.98. The van der Waals surface area contributed by atoms with Gasteiger partial charge in [0, 0.05) is 49.6 Å². The third-order valence-electron chi connectivity index (χ3n) is 5.36. The topological polar surface area (TPSA) is 36.4 Å². The Labute approximate surface area is 157 Å². The van der Waals surface area contributed by atoms with Gasteiger partial charge in [0.15, 0.2) is 0 Å². The van der Waals surface area contributed by atoms with Gasteiger partial charge < -0.3 is 4.90 Å². The van der Waals surface area contributed by atoms with Crippen LogP contribution < -0.4 is 0 Å². The summed E-state index contributed by atoms with van der Waals surface area (Å²) >= 11 is 5.97. The monoisotopic (exact) mass is 373 g/mol. The molecule has 3 aliphatic heterocycles. The van der Waals surface area contributed by atoms with Crippen LogP contribution in [0, 0.1) is 11.7 Å². The van der Waals surface area contributed by atoms with Crippen LogP contribution >= 0.6 is 11.6 Å². The summed E-state index contributed by atoms with van der Waals surface area (Å²) in [4.78, 5) is 21.3. The van der Waals surface area contributed by atoms with E-state index >= 15 is 0 Å². The predicted octanol–water partition coefficient (Wildman–Crippen LogP) is 3.61. The highest BCUT2D eigenvalue weighted by atomic mass is 35.5. The van der Waals surface area contributed by atoms with Gasteiger partial charge in [-0.25, -0.2) is 4.39 Å². The molecule has 3 fully saturated rings. The lowest BCUT2D eigenvalue weighted by Crippen LogP contribution is -2.47. The van der Waals surface area contributed by atoms with Gasteiger partial charge in [-0.15, -0.1) is 0 Å². The first-order chi connectivity index (χ1) is 12.6. The normalized spacial score (nSPS) is 23.1. The number of pyridine rings is 1. The fraction of sp³-hybridized carbons (Fsp3) is 0.400. The van der Waals surface area contributed by atoms with E-state index in [9.17, 15) is 9.18 Å². The van der Waals surface area contributed by atoms with Crippen molar-refractivity contribution in [2.45, 2.75) is 25.4 Å². The zero-order valence-electron chi connectivity index (χ0n) is 14.4. The summed E-state index contributed by atoms with van der Waals surface area (Å²) in [6.07, 6.45) is 5.68. The van der Waals surface area contributed by atoms with Gasteiger partial charge in [0.05, 0.1) is 5.56 Å². The molecule has 0 spiro atoms. The second kappa shape index (κ2) is 7.33. The Morgan fingerprint density at radius 2 is 1.96 bits per heavy atom. The molecular formula is C20H21ClFN3O. The highest BCUT2D eigenvalue weighted by Gasteiger charge is 2.38. The fourth-order valence-corrected chi connectivity index (χ4v) is 4.29. The second-order valence-corrected chi connectivity index (χ2v) is 7.66. The molecule has 3 aliphatic rings. The van der Waals surface area contributed by atoms with Crippen LogP contribution in [0.2, 0.25) is 5.02 Å². The maximum absolute atomic E-state index is 14.2. The van der Waals surface area contributed by atoms with Gasteiger partial charge in [-0.05, 0) is 54.7 Å². The Morgan fingerprint density at radius 1 is 1.15 bits per heavy atom. The van der Waals surface area contributed by atoms with Gasteiger partial charge in [0.25, 0.3) is 5.91 Å². The maximum Gasteiger partial charge on any atom is 0.257 e. The van der Waals surface area contributed by atoms with E-state index in [1.165, 1.54) is 23.8 Å². The number of amides is 1. The van der Waals surface area contributed by atoms with E-state index in [1.807, 2.05) is 17.0 Å². The van der Waals surface area contributed by atoms with E-state index in [1.54, 1.807) is 12.4 Å². The molecule has 2 atom stereocenters. The lowest BCUT2D eigenvalue weighted by molar-refractivity contribution is 0.0580. The van der Waals surface area contributed by atoms with E-state index in [-0.39, 0.29) is 17.5 Å². The van der Waals surface area contributed by atoms with Crippen LogP contribution in [-0.4, -0.2) is 46.4 Å². The molecule has 0 unspecified atom stereocenters. The summed E-state index contributed by atoms with van der Waals surface area (Å²) in [6.45, 7) is 3.30. The molecule has 1 aromatic carbocycles. The van der Waals surface area contributed by atoms with E-state index in [2.05, 4.69) is 9.88 Å². The van der Waals surface area contributed by atoms with Crippen LogP contribution in [0.3, 0.4) is 0 Å². The molecule has 0 N–H and O–H groups in total. The van der Waals surface area contributed by atoms with Crippen molar-refractivity contribution in [2.75, 3.05) is 19.6 Å². The molecule has 26 heavy (non-hydrogen) atoms. The van der Waals surface area contributed by atoms with Crippen LogP contribution in [-0.2, 0) is 6.54 Å². The van der Waals surface area contributed by atoms with Gasteiger partial charge in [-0.3, -0.25) is 14.7 Å². The van der Waals surface area contributed by atoms with Crippen LogP contribution in [0.15, 0.2) is 42.7 Å². The van der Waals surface area contributed by atoms with Crippen LogP contribution in [0.25, 0.3) is 0 Å². The van der Waals surface area contributed by atoms with Crippen molar-refractivity contribution < 1.29 is 9.18 Å².